The molecule has 0 aromatic heterocycles. The molecule has 4 heteroatoms. The van der Waals surface area contributed by atoms with E-state index in [0.29, 0.717) is 13.2 Å². The number of phenols is 1. The SMILES string of the molecule is CN(C)c1cc(C2OCCO2)ccc1O. The van der Waals surface area contributed by atoms with E-state index < -0.39 is 0 Å². The largest absolute Gasteiger partial charge is 0.506 e. The van der Waals surface area contributed by atoms with Gasteiger partial charge >= 0.3 is 0 Å². The Balaban J connectivity index is 2.29. The molecule has 1 aromatic carbocycles. The van der Waals surface area contributed by atoms with Gasteiger partial charge in [0.2, 0.25) is 0 Å². The monoisotopic (exact) mass is 209 g/mol. The molecule has 0 amide bonds. The first-order valence-corrected chi connectivity index (χ1v) is 4.92. The topological polar surface area (TPSA) is 41.9 Å². The van der Waals surface area contributed by atoms with Crippen LogP contribution in [0.1, 0.15) is 11.9 Å². The van der Waals surface area contributed by atoms with E-state index in [2.05, 4.69) is 0 Å². The van der Waals surface area contributed by atoms with E-state index in [0.717, 1.165) is 11.3 Å². The predicted molar refractivity (Wildman–Crippen MR) is 57.1 cm³/mol. The van der Waals surface area contributed by atoms with Crippen LogP contribution in [-0.2, 0) is 9.47 Å². The van der Waals surface area contributed by atoms with Crippen LogP contribution in [0.2, 0.25) is 0 Å². The standard InChI is InChI=1S/C11H15NO3/c1-12(2)9-7-8(3-4-10(9)13)11-14-5-6-15-11/h3-4,7,11,13H,5-6H2,1-2H3. The summed E-state index contributed by atoms with van der Waals surface area (Å²) in [6, 6.07) is 5.36. The number of benzene rings is 1. The molecule has 1 aliphatic heterocycles. The van der Waals surface area contributed by atoms with Crippen LogP contribution in [-0.4, -0.2) is 32.4 Å². The number of ether oxygens (including phenoxy) is 2. The van der Waals surface area contributed by atoms with Crippen LogP contribution in [0, 0.1) is 0 Å². The van der Waals surface area contributed by atoms with Gasteiger partial charge in [-0.3, -0.25) is 0 Å². The minimum atomic E-state index is -0.288. The molecule has 0 radical (unpaired) electrons. The summed E-state index contributed by atoms with van der Waals surface area (Å²) in [6.07, 6.45) is -0.288. The third-order valence-corrected chi connectivity index (χ3v) is 2.38. The maximum Gasteiger partial charge on any atom is 0.184 e. The van der Waals surface area contributed by atoms with Crippen LogP contribution in [0.4, 0.5) is 5.69 Å². The average molecular weight is 209 g/mol. The molecule has 2 rings (SSSR count). The maximum atomic E-state index is 9.62. The zero-order chi connectivity index (χ0) is 10.8. The lowest BCUT2D eigenvalue weighted by Gasteiger charge is -2.17. The third-order valence-electron chi connectivity index (χ3n) is 2.38. The highest BCUT2D eigenvalue weighted by Crippen LogP contribution is 2.31. The summed E-state index contributed by atoms with van der Waals surface area (Å²) >= 11 is 0. The molecule has 82 valence electrons. The lowest BCUT2D eigenvalue weighted by atomic mass is 10.1. The van der Waals surface area contributed by atoms with Crippen molar-refractivity contribution in [2.24, 2.45) is 0 Å². The van der Waals surface area contributed by atoms with Crippen molar-refractivity contribution in [1.29, 1.82) is 0 Å². The molecule has 0 spiro atoms. The van der Waals surface area contributed by atoms with Gasteiger partial charge in [-0.1, -0.05) is 6.07 Å². The Hall–Kier alpha value is -1.26. The van der Waals surface area contributed by atoms with Gasteiger partial charge in [-0.25, -0.2) is 0 Å². The van der Waals surface area contributed by atoms with Crippen molar-refractivity contribution in [3.8, 4) is 5.75 Å². The zero-order valence-electron chi connectivity index (χ0n) is 8.93. The summed E-state index contributed by atoms with van der Waals surface area (Å²) < 4.78 is 10.8. The second-order valence-corrected chi connectivity index (χ2v) is 3.72. The summed E-state index contributed by atoms with van der Waals surface area (Å²) in [5, 5.41) is 9.62. The minimum absolute atomic E-state index is 0.266. The minimum Gasteiger partial charge on any atom is -0.506 e. The van der Waals surface area contributed by atoms with Crippen LogP contribution in [0.3, 0.4) is 0 Å². The Morgan fingerprint density at radius 1 is 1.27 bits per heavy atom. The van der Waals surface area contributed by atoms with Crippen LogP contribution in [0.25, 0.3) is 0 Å². The molecule has 0 atom stereocenters. The quantitative estimate of drug-likeness (QED) is 0.801. The average Bonchev–Trinajstić information content (AvgIpc) is 2.71. The third kappa shape index (κ3) is 2.06. The molecule has 0 bridgehead atoms. The van der Waals surface area contributed by atoms with Crippen molar-refractivity contribution in [1.82, 2.24) is 0 Å². The van der Waals surface area contributed by atoms with Gasteiger partial charge in [0, 0.05) is 19.7 Å². The van der Waals surface area contributed by atoms with E-state index in [1.807, 2.05) is 31.1 Å². The Labute approximate surface area is 89.0 Å². The number of hydrogen-bond acceptors (Lipinski definition) is 4. The van der Waals surface area contributed by atoms with Gasteiger partial charge in [0.15, 0.2) is 6.29 Å². The lowest BCUT2D eigenvalue weighted by molar-refractivity contribution is -0.0441. The first kappa shape index (κ1) is 10.3. The molecule has 1 fully saturated rings. The number of rotatable bonds is 2. The molecule has 1 heterocycles. The van der Waals surface area contributed by atoms with E-state index in [-0.39, 0.29) is 12.0 Å². The molecular weight excluding hydrogens is 194 g/mol. The van der Waals surface area contributed by atoms with Gasteiger partial charge in [-0.15, -0.1) is 0 Å². The normalized spacial score (nSPS) is 16.9. The number of anilines is 1. The number of aromatic hydroxyl groups is 1. The van der Waals surface area contributed by atoms with Crippen molar-refractivity contribution in [2.45, 2.75) is 6.29 Å². The van der Waals surface area contributed by atoms with Crippen molar-refractivity contribution in [3.05, 3.63) is 23.8 Å². The van der Waals surface area contributed by atoms with Gasteiger partial charge in [0.05, 0.1) is 18.9 Å². The number of nitrogens with zero attached hydrogens (tertiary/aromatic N) is 1. The fourth-order valence-electron chi connectivity index (χ4n) is 1.60. The van der Waals surface area contributed by atoms with Gasteiger partial charge < -0.3 is 19.5 Å². The highest BCUT2D eigenvalue weighted by molar-refractivity contribution is 5.58. The van der Waals surface area contributed by atoms with Gasteiger partial charge in [0.25, 0.3) is 0 Å². The summed E-state index contributed by atoms with van der Waals surface area (Å²) in [5.74, 6) is 0.266. The number of phenolic OH excluding ortho intramolecular Hbond substituents is 1. The van der Waals surface area contributed by atoms with E-state index in [4.69, 9.17) is 9.47 Å². The van der Waals surface area contributed by atoms with E-state index >= 15 is 0 Å². The molecule has 15 heavy (non-hydrogen) atoms. The van der Waals surface area contributed by atoms with E-state index in [9.17, 15) is 5.11 Å². The van der Waals surface area contributed by atoms with E-state index in [1.54, 1.807) is 6.07 Å². The number of hydrogen-bond donors (Lipinski definition) is 1. The van der Waals surface area contributed by atoms with Crippen LogP contribution in [0.15, 0.2) is 18.2 Å². The van der Waals surface area contributed by atoms with E-state index in [1.165, 1.54) is 0 Å². The molecule has 0 unspecified atom stereocenters. The summed E-state index contributed by atoms with van der Waals surface area (Å²) in [6.45, 7) is 1.26. The Morgan fingerprint density at radius 2 is 1.93 bits per heavy atom. The van der Waals surface area contributed by atoms with Crippen LogP contribution >= 0.6 is 0 Å². The van der Waals surface area contributed by atoms with Gasteiger partial charge in [0.1, 0.15) is 5.75 Å². The molecule has 1 saturated heterocycles. The molecule has 1 aromatic rings. The highest BCUT2D eigenvalue weighted by atomic mass is 16.7. The first-order chi connectivity index (χ1) is 7.18. The van der Waals surface area contributed by atoms with Gasteiger partial charge in [-0.05, 0) is 12.1 Å². The smallest absolute Gasteiger partial charge is 0.184 e. The lowest BCUT2D eigenvalue weighted by Crippen LogP contribution is -2.10. The van der Waals surface area contributed by atoms with Crippen LogP contribution < -0.4 is 4.90 Å². The molecule has 1 aliphatic rings. The predicted octanol–water partition coefficient (Wildman–Crippen LogP) is 1.50. The van der Waals surface area contributed by atoms with Crippen molar-refractivity contribution in [3.63, 3.8) is 0 Å². The zero-order valence-corrected chi connectivity index (χ0v) is 8.93. The van der Waals surface area contributed by atoms with Crippen molar-refractivity contribution >= 4 is 5.69 Å². The Kier molecular flexibility index (Phi) is 2.79. The Morgan fingerprint density at radius 3 is 2.53 bits per heavy atom. The summed E-state index contributed by atoms with van der Waals surface area (Å²) in [7, 11) is 3.77. The fraction of sp³-hybridized carbons (Fsp3) is 0.455. The van der Waals surface area contributed by atoms with Crippen molar-refractivity contribution in [2.75, 3.05) is 32.2 Å². The fourth-order valence-corrected chi connectivity index (χ4v) is 1.60. The molecule has 0 saturated carbocycles. The Bertz CT molecular complexity index is 346. The van der Waals surface area contributed by atoms with Crippen molar-refractivity contribution < 1.29 is 14.6 Å². The summed E-state index contributed by atoms with van der Waals surface area (Å²) in [4.78, 5) is 1.85. The second-order valence-electron chi connectivity index (χ2n) is 3.72. The maximum absolute atomic E-state index is 9.62. The molecule has 0 aliphatic carbocycles. The molecule has 1 N–H and O–H groups in total. The van der Waals surface area contributed by atoms with Gasteiger partial charge in [-0.2, -0.15) is 0 Å². The van der Waals surface area contributed by atoms with Crippen LogP contribution in [0.5, 0.6) is 5.75 Å². The first-order valence-electron chi connectivity index (χ1n) is 4.92. The second kappa shape index (κ2) is 4.08. The highest BCUT2D eigenvalue weighted by Gasteiger charge is 2.19. The molecule has 4 nitrogen and oxygen atoms in total. The molecular formula is C11H15NO3. The summed E-state index contributed by atoms with van der Waals surface area (Å²) in [5.41, 5.74) is 1.71.